The third kappa shape index (κ3) is 3.47. The Kier molecular flexibility index (Phi) is 4.81. The SMILES string of the molecule is Cc1oc2ccc(OC3COc4ncccc43)cc2c1C(=O)N[C@@H](CO)C(N)=O. The number of hydrogen-bond acceptors (Lipinski definition) is 7. The van der Waals surface area contributed by atoms with Crippen LogP contribution in [0.15, 0.2) is 40.9 Å². The Labute approximate surface area is 165 Å². The maximum absolute atomic E-state index is 12.7. The summed E-state index contributed by atoms with van der Waals surface area (Å²) in [6.45, 7) is 1.37. The second-order valence-electron chi connectivity index (χ2n) is 6.62. The highest BCUT2D eigenvalue weighted by atomic mass is 16.5. The topological polar surface area (TPSA) is 137 Å². The van der Waals surface area contributed by atoms with Gasteiger partial charge in [0, 0.05) is 11.6 Å². The number of nitrogens with two attached hydrogens (primary N) is 1. The third-order valence-corrected chi connectivity index (χ3v) is 4.69. The number of aliphatic hydroxyl groups excluding tert-OH is 1. The van der Waals surface area contributed by atoms with Crippen molar-refractivity contribution in [3.05, 3.63) is 53.4 Å². The molecule has 4 N–H and O–H groups in total. The zero-order chi connectivity index (χ0) is 20.5. The molecule has 0 saturated heterocycles. The van der Waals surface area contributed by atoms with Crippen LogP contribution >= 0.6 is 0 Å². The number of furan rings is 1. The molecular weight excluding hydrogens is 378 g/mol. The lowest BCUT2D eigenvalue weighted by molar-refractivity contribution is -0.120. The number of hydrogen-bond donors (Lipinski definition) is 3. The summed E-state index contributed by atoms with van der Waals surface area (Å²) in [4.78, 5) is 28.2. The molecule has 2 aromatic heterocycles. The van der Waals surface area contributed by atoms with E-state index in [9.17, 15) is 14.7 Å². The predicted octanol–water partition coefficient (Wildman–Crippen LogP) is 1.22. The van der Waals surface area contributed by atoms with Gasteiger partial charge in [-0.3, -0.25) is 9.59 Å². The van der Waals surface area contributed by atoms with Crippen LogP contribution in [-0.4, -0.2) is 41.2 Å². The average molecular weight is 397 g/mol. The first kappa shape index (κ1) is 18.8. The van der Waals surface area contributed by atoms with Gasteiger partial charge >= 0.3 is 0 Å². The number of pyridine rings is 1. The molecule has 29 heavy (non-hydrogen) atoms. The van der Waals surface area contributed by atoms with Gasteiger partial charge < -0.3 is 30.0 Å². The number of ether oxygens (including phenoxy) is 2. The second kappa shape index (κ2) is 7.44. The first-order valence-corrected chi connectivity index (χ1v) is 8.96. The number of aliphatic hydroxyl groups is 1. The van der Waals surface area contributed by atoms with Crippen molar-refractivity contribution in [3.63, 3.8) is 0 Å². The van der Waals surface area contributed by atoms with Gasteiger partial charge in [-0.15, -0.1) is 0 Å². The molecular formula is C20H19N3O6. The lowest BCUT2D eigenvalue weighted by Gasteiger charge is -2.13. The molecule has 2 atom stereocenters. The molecule has 150 valence electrons. The van der Waals surface area contributed by atoms with Crippen molar-refractivity contribution in [2.24, 2.45) is 5.73 Å². The van der Waals surface area contributed by atoms with E-state index in [2.05, 4.69) is 10.3 Å². The highest BCUT2D eigenvalue weighted by Crippen LogP contribution is 2.35. The highest BCUT2D eigenvalue weighted by Gasteiger charge is 2.28. The first-order valence-electron chi connectivity index (χ1n) is 8.96. The Bertz CT molecular complexity index is 1090. The number of primary amides is 1. The van der Waals surface area contributed by atoms with Gasteiger partial charge in [0.15, 0.2) is 6.10 Å². The van der Waals surface area contributed by atoms with E-state index in [1.165, 1.54) is 0 Å². The molecule has 0 bridgehead atoms. The molecule has 3 heterocycles. The molecule has 1 aliphatic rings. The van der Waals surface area contributed by atoms with E-state index in [1.807, 2.05) is 12.1 Å². The molecule has 4 rings (SSSR count). The number of rotatable bonds is 6. The van der Waals surface area contributed by atoms with Crippen LogP contribution in [0.3, 0.4) is 0 Å². The number of nitrogens with zero attached hydrogens (tertiary/aromatic N) is 1. The average Bonchev–Trinajstić information content (AvgIpc) is 3.25. The minimum Gasteiger partial charge on any atom is -0.482 e. The van der Waals surface area contributed by atoms with E-state index in [0.29, 0.717) is 35.0 Å². The van der Waals surface area contributed by atoms with Crippen LogP contribution in [0.2, 0.25) is 0 Å². The standard InChI is InChI=1S/C20H19N3O6/c1-10-17(19(26)23-14(8-24)18(21)25)13-7-11(4-5-15(13)28-10)29-16-9-27-20-12(16)3-2-6-22-20/h2-7,14,16,24H,8-9H2,1H3,(H2,21,25)(H,23,26)/t14-,16?/m0/s1. The van der Waals surface area contributed by atoms with Gasteiger partial charge in [0.25, 0.3) is 5.91 Å². The minimum absolute atomic E-state index is 0.245. The van der Waals surface area contributed by atoms with Gasteiger partial charge in [-0.1, -0.05) is 0 Å². The van der Waals surface area contributed by atoms with Crippen LogP contribution in [0.4, 0.5) is 0 Å². The van der Waals surface area contributed by atoms with Gasteiger partial charge in [0.05, 0.1) is 17.7 Å². The van der Waals surface area contributed by atoms with Gasteiger partial charge in [0.1, 0.15) is 29.7 Å². The number of carbonyl (C=O) groups is 2. The lowest BCUT2D eigenvalue weighted by atomic mass is 10.1. The van der Waals surface area contributed by atoms with Crippen molar-refractivity contribution in [1.29, 1.82) is 0 Å². The van der Waals surface area contributed by atoms with Crippen molar-refractivity contribution >= 4 is 22.8 Å². The molecule has 0 saturated carbocycles. The van der Waals surface area contributed by atoms with Gasteiger partial charge in [-0.25, -0.2) is 4.98 Å². The minimum atomic E-state index is -1.19. The molecule has 0 fully saturated rings. The van der Waals surface area contributed by atoms with Crippen LogP contribution in [0.5, 0.6) is 11.6 Å². The largest absolute Gasteiger partial charge is 0.482 e. The smallest absolute Gasteiger partial charge is 0.256 e. The number of nitrogens with one attached hydrogen (secondary N) is 1. The van der Waals surface area contributed by atoms with Crippen molar-refractivity contribution in [3.8, 4) is 11.6 Å². The number of amides is 2. The van der Waals surface area contributed by atoms with E-state index in [-0.39, 0.29) is 11.7 Å². The quantitative estimate of drug-likeness (QED) is 0.569. The summed E-state index contributed by atoms with van der Waals surface area (Å²) >= 11 is 0. The van der Waals surface area contributed by atoms with E-state index in [0.717, 1.165) is 5.56 Å². The van der Waals surface area contributed by atoms with Crippen LogP contribution < -0.4 is 20.5 Å². The Balaban J connectivity index is 1.63. The summed E-state index contributed by atoms with van der Waals surface area (Å²) in [6.07, 6.45) is 1.33. The molecule has 3 aromatic rings. The third-order valence-electron chi connectivity index (χ3n) is 4.69. The van der Waals surface area contributed by atoms with Crippen molar-refractivity contribution in [2.75, 3.05) is 13.2 Å². The molecule has 1 aliphatic heterocycles. The molecule has 1 unspecified atom stereocenters. The fourth-order valence-electron chi connectivity index (χ4n) is 3.27. The number of benzene rings is 1. The van der Waals surface area contributed by atoms with Crippen LogP contribution in [0, 0.1) is 6.92 Å². The maximum atomic E-state index is 12.7. The lowest BCUT2D eigenvalue weighted by Crippen LogP contribution is -2.46. The number of fused-ring (bicyclic) bond motifs is 2. The van der Waals surface area contributed by atoms with Crippen LogP contribution in [0.1, 0.15) is 27.8 Å². The monoisotopic (exact) mass is 397 g/mol. The fourth-order valence-corrected chi connectivity index (χ4v) is 3.27. The number of aromatic nitrogens is 1. The first-order chi connectivity index (χ1) is 14.0. The normalized spacial score (nSPS) is 16.1. The van der Waals surface area contributed by atoms with E-state index < -0.39 is 24.5 Å². The summed E-state index contributed by atoms with van der Waals surface area (Å²) < 4.78 is 17.2. The Morgan fingerprint density at radius 3 is 3.00 bits per heavy atom. The second-order valence-corrected chi connectivity index (χ2v) is 6.62. The van der Waals surface area contributed by atoms with E-state index >= 15 is 0 Å². The molecule has 1 aromatic carbocycles. The molecule has 9 nitrogen and oxygen atoms in total. The summed E-state index contributed by atoms with van der Waals surface area (Å²) in [5, 5.41) is 12.2. The predicted molar refractivity (Wildman–Crippen MR) is 102 cm³/mol. The van der Waals surface area contributed by atoms with Crippen LogP contribution in [-0.2, 0) is 4.79 Å². The summed E-state index contributed by atoms with van der Waals surface area (Å²) in [5.74, 6) is 0.0268. The van der Waals surface area contributed by atoms with Crippen molar-refractivity contribution in [1.82, 2.24) is 10.3 Å². The zero-order valence-corrected chi connectivity index (χ0v) is 15.5. The van der Waals surface area contributed by atoms with Gasteiger partial charge in [0.2, 0.25) is 11.8 Å². The van der Waals surface area contributed by atoms with Crippen LogP contribution in [0.25, 0.3) is 11.0 Å². The van der Waals surface area contributed by atoms with Gasteiger partial charge in [-0.05, 0) is 37.3 Å². The highest BCUT2D eigenvalue weighted by molar-refractivity contribution is 6.08. The molecule has 0 spiro atoms. The molecule has 0 radical (unpaired) electrons. The maximum Gasteiger partial charge on any atom is 0.256 e. The van der Waals surface area contributed by atoms with Gasteiger partial charge in [-0.2, -0.15) is 0 Å². The Morgan fingerprint density at radius 1 is 1.41 bits per heavy atom. The number of aryl methyl sites for hydroxylation is 1. The zero-order valence-electron chi connectivity index (χ0n) is 15.5. The number of carbonyl (C=O) groups excluding carboxylic acids is 2. The molecule has 0 aliphatic carbocycles. The Hall–Kier alpha value is -3.59. The summed E-state index contributed by atoms with van der Waals surface area (Å²) in [6, 6.07) is 7.63. The Morgan fingerprint density at radius 2 is 2.24 bits per heavy atom. The van der Waals surface area contributed by atoms with Crippen molar-refractivity contribution < 1.29 is 28.6 Å². The van der Waals surface area contributed by atoms with E-state index in [1.54, 1.807) is 31.3 Å². The van der Waals surface area contributed by atoms with E-state index in [4.69, 9.17) is 19.6 Å². The summed E-state index contributed by atoms with van der Waals surface area (Å²) in [5.41, 5.74) is 6.76. The summed E-state index contributed by atoms with van der Waals surface area (Å²) in [7, 11) is 0. The molecule has 9 heteroatoms. The molecule has 2 amide bonds. The fraction of sp³-hybridized carbons (Fsp3) is 0.250. The van der Waals surface area contributed by atoms with Crippen molar-refractivity contribution in [2.45, 2.75) is 19.1 Å².